The van der Waals surface area contributed by atoms with Gasteiger partial charge in [-0.2, -0.15) is 10.1 Å². The summed E-state index contributed by atoms with van der Waals surface area (Å²) < 4.78 is 9.97. The zero-order valence-electron chi connectivity index (χ0n) is 18.0. The number of aromatic nitrogens is 4. The predicted octanol–water partition coefficient (Wildman–Crippen LogP) is 2.39. The van der Waals surface area contributed by atoms with E-state index in [1.54, 1.807) is 30.3 Å². The molecule has 0 radical (unpaired) electrons. The second kappa shape index (κ2) is 8.32. The zero-order valence-corrected chi connectivity index (χ0v) is 18.8. The Kier molecular flexibility index (Phi) is 5.72. The van der Waals surface area contributed by atoms with Gasteiger partial charge in [-0.3, -0.25) is 18.5 Å². The molecule has 0 spiro atoms. The summed E-state index contributed by atoms with van der Waals surface area (Å²) >= 11 is 6.08. The van der Waals surface area contributed by atoms with Crippen LogP contribution in [0.5, 0.6) is 0 Å². The fraction of sp³-hybridized carbons (Fsp3) is 0.429. The smallest absolute Gasteiger partial charge is 0.332 e. The van der Waals surface area contributed by atoms with Crippen molar-refractivity contribution >= 4 is 34.4 Å². The Morgan fingerprint density at radius 1 is 1.26 bits per heavy atom. The van der Waals surface area contributed by atoms with Crippen molar-refractivity contribution < 1.29 is 4.74 Å². The second-order valence-corrected chi connectivity index (χ2v) is 7.99. The molecule has 10 heteroatoms. The fourth-order valence-corrected chi connectivity index (χ4v) is 4.00. The van der Waals surface area contributed by atoms with Gasteiger partial charge in [-0.25, -0.2) is 9.80 Å². The molecule has 0 saturated carbocycles. The van der Waals surface area contributed by atoms with Crippen molar-refractivity contribution in [2.24, 2.45) is 12.1 Å². The van der Waals surface area contributed by atoms with Crippen molar-refractivity contribution in [3.05, 3.63) is 55.7 Å². The van der Waals surface area contributed by atoms with Crippen molar-refractivity contribution in [1.82, 2.24) is 18.7 Å². The Morgan fingerprint density at radius 3 is 2.74 bits per heavy atom. The number of imidazole rings is 1. The number of nitrogens with zero attached hydrogens (tertiary/aromatic N) is 6. The van der Waals surface area contributed by atoms with Gasteiger partial charge >= 0.3 is 5.69 Å². The number of hydrogen-bond acceptors (Lipinski definition) is 6. The summed E-state index contributed by atoms with van der Waals surface area (Å²) in [6.07, 6.45) is 0. The van der Waals surface area contributed by atoms with Gasteiger partial charge in [0, 0.05) is 18.7 Å². The summed E-state index contributed by atoms with van der Waals surface area (Å²) in [6, 6.07) is 6.96. The molecule has 0 amide bonds. The number of halogens is 1. The second-order valence-electron chi connectivity index (χ2n) is 7.55. The van der Waals surface area contributed by atoms with E-state index in [2.05, 4.69) is 10.1 Å². The molecule has 1 aliphatic heterocycles. The van der Waals surface area contributed by atoms with E-state index < -0.39 is 5.69 Å². The first-order valence-electron chi connectivity index (χ1n) is 10.2. The van der Waals surface area contributed by atoms with Crippen LogP contribution in [0, 0.1) is 0 Å². The molecule has 0 N–H and O–H groups in total. The Bertz CT molecular complexity index is 1290. The largest absolute Gasteiger partial charge is 0.380 e. The lowest BCUT2D eigenvalue weighted by molar-refractivity contribution is 0.153. The van der Waals surface area contributed by atoms with Crippen molar-refractivity contribution in [2.75, 3.05) is 24.8 Å². The molecule has 1 aliphatic rings. The first-order chi connectivity index (χ1) is 14.8. The molecule has 0 aliphatic carbocycles. The Hall–Kier alpha value is -2.91. The molecule has 3 heterocycles. The number of ether oxygens (including phenoxy) is 1. The molecule has 31 heavy (non-hydrogen) atoms. The number of aryl methyl sites for hydroxylation is 1. The van der Waals surface area contributed by atoms with Crippen molar-refractivity contribution in [2.45, 2.75) is 33.4 Å². The number of benzene rings is 1. The van der Waals surface area contributed by atoms with Gasteiger partial charge in [-0.05, 0) is 38.5 Å². The maximum absolute atomic E-state index is 13.5. The van der Waals surface area contributed by atoms with Crippen LogP contribution in [0.15, 0.2) is 39.0 Å². The van der Waals surface area contributed by atoms with Crippen molar-refractivity contribution in [1.29, 1.82) is 0 Å². The third kappa shape index (κ3) is 3.68. The minimum atomic E-state index is -0.431. The Morgan fingerprint density at radius 2 is 2.03 bits per heavy atom. The topological polar surface area (TPSA) is 86.7 Å². The third-order valence-electron chi connectivity index (χ3n) is 5.54. The lowest BCUT2D eigenvalue weighted by Gasteiger charge is -2.29. The molecule has 0 fully saturated rings. The fourth-order valence-electron chi connectivity index (χ4n) is 3.79. The van der Waals surface area contributed by atoms with E-state index in [0.717, 1.165) is 11.3 Å². The lowest BCUT2D eigenvalue weighted by Crippen LogP contribution is -2.40. The highest BCUT2D eigenvalue weighted by Gasteiger charge is 2.30. The maximum atomic E-state index is 13.5. The summed E-state index contributed by atoms with van der Waals surface area (Å²) in [4.78, 5) is 31.2. The van der Waals surface area contributed by atoms with E-state index in [9.17, 15) is 9.59 Å². The number of rotatable bonds is 6. The van der Waals surface area contributed by atoms with Gasteiger partial charge < -0.3 is 4.74 Å². The van der Waals surface area contributed by atoms with E-state index in [4.69, 9.17) is 16.3 Å². The van der Waals surface area contributed by atoms with Gasteiger partial charge in [0.25, 0.3) is 5.56 Å². The van der Waals surface area contributed by atoms with Gasteiger partial charge in [0.15, 0.2) is 11.2 Å². The molecular weight excluding hydrogens is 420 g/mol. The van der Waals surface area contributed by atoms with Crippen molar-refractivity contribution in [3.63, 3.8) is 0 Å². The van der Waals surface area contributed by atoms with Crippen LogP contribution in [0.1, 0.15) is 32.4 Å². The van der Waals surface area contributed by atoms with Gasteiger partial charge in [0.05, 0.1) is 31.4 Å². The summed E-state index contributed by atoms with van der Waals surface area (Å²) in [6.45, 7) is 7.51. The first-order valence-corrected chi connectivity index (χ1v) is 10.6. The van der Waals surface area contributed by atoms with Gasteiger partial charge in [0.2, 0.25) is 5.95 Å². The average molecular weight is 445 g/mol. The molecular formula is C21H25ClN6O3. The van der Waals surface area contributed by atoms with Crippen LogP contribution in [0.2, 0.25) is 5.02 Å². The van der Waals surface area contributed by atoms with Gasteiger partial charge in [-0.15, -0.1) is 0 Å². The standard InChI is InChI=1S/C21H25ClN6O3/c1-5-31-10-9-27-20-23-18-17(28(20)14(3)13(2)24-27)19(29)26(21(30)25(18)4)12-15-7-6-8-16(22)11-15/h6-8,11,14H,5,9-10,12H2,1-4H3. The Balaban J connectivity index is 1.90. The van der Waals surface area contributed by atoms with E-state index in [1.807, 2.05) is 31.4 Å². The zero-order chi connectivity index (χ0) is 22.3. The summed E-state index contributed by atoms with van der Waals surface area (Å²) in [5.74, 6) is 0.528. The summed E-state index contributed by atoms with van der Waals surface area (Å²) in [5, 5.41) is 6.91. The van der Waals surface area contributed by atoms with Crippen LogP contribution in [0.4, 0.5) is 5.95 Å². The minimum absolute atomic E-state index is 0.123. The SMILES string of the molecule is CCOCCN1N=C(C)C(C)n2c1nc1c2c(=O)n(Cc2cccc(Cl)c2)c(=O)n1C. The molecule has 1 atom stereocenters. The summed E-state index contributed by atoms with van der Waals surface area (Å²) in [5.41, 5.74) is 1.52. The highest BCUT2D eigenvalue weighted by molar-refractivity contribution is 6.30. The van der Waals surface area contributed by atoms with E-state index in [1.165, 1.54) is 9.13 Å². The molecule has 2 aromatic heterocycles. The quantitative estimate of drug-likeness (QED) is 0.545. The van der Waals surface area contributed by atoms with Gasteiger partial charge in [0.1, 0.15) is 0 Å². The highest BCUT2D eigenvalue weighted by Crippen LogP contribution is 2.29. The number of fused-ring (bicyclic) bond motifs is 3. The Labute approximate surface area is 184 Å². The van der Waals surface area contributed by atoms with Crippen LogP contribution in [0.25, 0.3) is 11.2 Å². The number of hydrazone groups is 1. The average Bonchev–Trinajstić information content (AvgIpc) is 3.15. The molecule has 3 aromatic rings. The van der Waals surface area contributed by atoms with Crippen LogP contribution in [-0.4, -0.2) is 44.2 Å². The van der Waals surface area contributed by atoms with E-state index >= 15 is 0 Å². The van der Waals surface area contributed by atoms with Crippen LogP contribution in [0.3, 0.4) is 0 Å². The minimum Gasteiger partial charge on any atom is -0.380 e. The van der Waals surface area contributed by atoms with Crippen LogP contribution in [-0.2, 0) is 18.3 Å². The number of hydrogen-bond donors (Lipinski definition) is 0. The van der Waals surface area contributed by atoms with Crippen molar-refractivity contribution in [3.8, 4) is 0 Å². The molecule has 0 saturated heterocycles. The van der Waals surface area contributed by atoms with Crippen LogP contribution >= 0.6 is 11.6 Å². The lowest BCUT2D eigenvalue weighted by atomic mass is 10.2. The third-order valence-corrected chi connectivity index (χ3v) is 5.77. The maximum Gasteiger partial charge on any atom is 0.332 e. The predicted molar refractivity (Wildman–Crippen MR) is 121 cm³/mol. The normalized spacial score (nSPS) is 16.0. The van der Waals surface area contributed by atoms with E-state index in [-0.39, 0.29) is 18.1 Å². The van der Waals surface area contributed by atoms with E-state index in [0.29, 0.717) is 41.9 Å². The molecule has 164 valence electrons. The molecule has 1 aromatic carbocycles. The molecule has 1 unspecified atom stereocenters. The molecule has 0 bridgehead atoms. The number of anilines is 1. The first kappa shape index (κ1) is 21.3. The monoisotopic (exact) mass is 444 g/mol. The molecule has 9 nitrogen and oxygen atoms in total. The summed E-state index contributed by atoms with van der Waals surface area (Å²) in [7, 11) is 1.63. The van der Waals surface area contributed by atoms with Gasteiger partial charge in [-0.1, -0.05) is 23.7 Å². The highest BCUT2D eigenvalue weighted by atomic mass is 35.5. The molecule has 4 rings (SSSR count). The van der Waals surface area contributed by atoms with Crippen LogP contribution < -0.4 is 16.3 Å².